The number of sulfonamides is 1. The van der Waals surface area contributed by atoms with E-state index in [1.54, 1.807) is 30.3 Å². The van der Waals surface area contributed by atoms with Gasteiger partial charge in [-0.15, -0.1) is 0 Å². The Hall–Kier alpha value is -2.54. The zero-order valence-electron chi connectivity index (χ0n) is 15.4. The van der Waals surface area contributed by atoms with Gasteiger partial charge in [0.2, 0.25) is 0 Å². The molecule has 140 valence electrons. The Morgan fingerprint density at radius 2 is 1.77 bits per heavy atom. The SMILES string of the molecule is CCC(C)(C)NC(=O)c1cccc(NS(=O)(=O)c2ccc(OC)cc2)c1. The van der Waals surface area contributed by atoms with Crippen molar-refractivity contribution in [2.24, 2.45) is 0 Å². The highest BCUT2D eigenvalue weighted by atomic mass is 32.2. The standard InChI is InChI=1S/C19H24N2O4S/c1-5-19(2,3)20-18(22)14-7-6-8-15(13-14)21-26(23,24)17-11-9-16(25-4)10-12-17/h6-13,21H,5H2,1-4H3,(H,20,22). The number of methoxy groups -OCH3 is 1. The van der Waals surface area contributed by atoms with E-state index >= 15 is 0 Å². The van der Waals surface area contributed by atoms with Crippen molar-refractivity contribution >= 4 is 21.6 Å². The van der Waals surface area contributed by atoms with E-state index in [0.717, 1.165) is 6.42 Å². The van der Waals surface area contributed by atoms with Gasteiger partial charge in [-0.05, 0) is 62.7 Å². The number of nitrogens with one attached hydrogen (secondary N) is 2. The monoisotopic (exact) mass is 376 g/mol. The molecule has 1 amide bonds. The molecule has 2 rings (SSSR count). The Kier molecular flexibility index (Phi) is 5.92. The van der Waals surface area contributed by atoms with E-state index in [1.807, 2.05) is 20.8 Å². The third-order valence-electron chi connectivity index (χ3n) is 4.08. The first-order valence-corrected chi connectivity index (χ1v) is 9.74. The first-order chi connectivity index (χ1) is 12.2. The molecule has 2 aromatic rings. The van der Waals surface area contributed by atoms with E-state index in [4.69, 9.17) is 4.74 Å². The van der Waals surface area contributed by atoms with Crippen LogP contribution in [0.1, 0.15) is 37.6 Å². The van der Waals surface area contributed by atoms with E-state index < -0.39 is 10.0 Å². The van der Waals surface area contributed by atoms with Gasteiger partial charge in [0, 0.05) is 16.8 Å². The highest BCUT2D eigenvalue weighted by Gasteiger charge is 2.20. The minimum Gasteiger partial charge on any atom is -0.497 e. The summed E-state index contributed by atoms with van der Waals surface area (Å²) in [5.41, 5.74) is 0.375. The molecule has 0 saturated heterocycles. The zero-order valence-corrected chi connectivity index (χ0v) is 16.2. The molecular formula is C19H24N2O4S. The van der Waals surface area contributed by atoms with Crippen LogP contribution in [-0.4, -0.2) is 27.0 Å². The molecule has 2 aromatic carbocycles. The summed E-state index contributed by atoms with van der Waals surface area (Å²) in [6.07, 6.45) is 0.780. The van der Waals surface area contributed by atoms with Gasteiger partial charge in [0.05, 0.1) is 12.0 Å². The number of benzene rings is 2. The van der Waals surface area contributed by atoms with Crippen LogP contribution < -0.4 is 14.8 Å². The lowest BCUT2D eigenvalue weighted by Gasteiger charge is -2.24. The van der Waals surface area contributed by atoms with Crippen molar-refractivity contribution < 1.29 is 17.9 Å². The van der Waals surface area contributed by atoms with Crippen molar-refractivity contribution in [3.8, 4) is 5.75 Å². The van der Waals surface area contributed by atoms with Crippen molar-refractivity contribution in [2.45, 2.75) is 37.6 Å². The number of ether oxygens (including phenoxy) is 1. The Labute approximate surface area is 154 Å². The topological polar surface area (TPSA) is 84.5 Å². The molecule has 0 spiro atoms. The molecule has 0 heterocycles. The minimum atomic E-state index is -3.76. The van der Waals surface area contributed by atoms with Crippen molar-refractivity contribution in [1.29, 1.82) is 0 Å². The first-order valence-electron chi connectivity index (χ1n) is 8.26. The van der Waals surface area contributed by atoms with Gasteiger partial charge in [0.1, 0.15) is 5.75 Å². The predicted octanol–water partition coefficient (Wildman–Crippen LogP) is 3.41. The normalized spacial score (nSPS) is 11.7. The lowest BCUT2D eigenvalue weighted by Crippen LogP contribution is -2.42. The third-order valence-corrected chi connectivity index (χ3v) is 5.48. The molecule has 0 unspecified atom stereocenters. The number of carbonyl (C=O) groups is 1. The van der Waals surface area contributed by atoms with Gasteiger partial charge < -0.3 is 10.1 Å². The number of rotatable bonds is 7. The van der Waals surface area contributed by atoms with Crippen LogP contribution in [0.25, 0.3) is 0 Å². The average Bonchev–Trinajstić information content (AvgIpc) is 2.61. The second kappa shape index (κ2) is 7.78. The van der Waals surface area contributed by atoms with Gasteiger partial charge in [-0.1, -0.05) is 13.0 Å². The molecule has 0 aliphatic heterocycles. The summed E-state index contributed by atoms with van der Waals surface area (Å²) in [5, 5.41) is 2.93. The van der Waals surface area contributed by atoms with Crippen LogP contribution in [0.5, 0.6) is 5.75 Å². The molecule has 0 atom stereocenters. The highest BCUT2D eigenvalue weighted by Crippen LogP contribution is 2.20. The van der Waals surface area contributed by atoms with Crippen molar-refractivity contribution in [3.05, 3.63) is 54.1 Å². The van der Waals surface area contributed by atoms with E-state index in [0.29, 0.717) is 17.0 Å². The number of amides is 1. The molecule has 0 saturated carbocycles. The molecule has 0 aliphatic rings. The maximum Gasteiger partial charge on any atom is 0.261 e. The van der Waals surface area contributed by atoms with Crippen LogP contribution in [0.4, 0.5) is 5.69 Å². The lowest BCUT2D eigenvalue weighted by molar-refractivity contribution is 0.0911. The molecule has 0 aliphatic carbocycles. The van der Waals surface area contributed by atoms with E-state index in [1.165, 1.54) is 25.3 Å². The maximum absolute atomic E-state index is 12.5. The first kappa shape index (κ1) is 19.8. The Bertz CT molecular complexity index is 875. The lowest BCUT2D eigenvalue weighted by atomic mass is 10.0. The average molecular weight is 376 g/mol. The molecule has 0 bridgehead atoms. The van der Waals surface area contributed by atoms with Gasteiger partial charge in [0.15, 0.2) is 0 Å². The predicted molar refractivity (Wildman–Crippen MR) is 102 cm³/mol. The Balaban J connectivity index is 2.20. The Morgan fingerprint density at radius 1 is 1.12 bits per heavy atom. The molecule has 2 N–H and O–H groups in total. The van der Waals surface area contributed by atoms with Gasteiger partial charge in [-0.3, -0.25) is 9.52 Å². The van der Waals surface area contributed by atoms with Crippen molar-refractivity contribution in [1.82, 2.24) is 5.32 Å². The largest absolute Gasteiger partial charge is 0.497 e. The number of carbonyl (C=O) groups excluding carboxylic acids is 1. The van der Waals surface area contributed by atoms with Crippen LogP contribution in [-0.2, 0) is 10.0 Å². The summed E-state index contributed by atoms with van der Waals surface area (Å²) in [6, 6.07) is 12.5. The van der Waals surface area contributed by atoms with E-state index in [-0.39, 0.29) is 16.3 Å². The van der Waals surface area contributed by atoms with Crippen molar-refractivity contribution in [2.75, 3.05) is 11.8 Å². The second-order valence-corrected chi connectivity index (χ2v) is 8.24. The van der Waals surface area contributed by atoms with Crippen molar-refractivity contribution in [3.63, 3.8) is 0 Å². The second-order valence-electron chi connectivity index (χ2n) is 6.55. The van der Waals surface area contributed by atoms with E-state index in [9.17, 15) is 13.2 Å². The van der Waals surface area contributed by atoms with Gasteiger partial charge >= 0.3 is 0 Å². The summed E-state index contributed by atoms with van der Waals surface area (Å²) >= 11 is 0. The third kappa shape index (κ3) is 4.98. The molecule has 0 aromatic heterocycles. The minimum absolute atomic E-state index is 0.111. The van der Waals surface area contributed by atoms with Gasteiger partial charge in [-0.25, -0.2) is 8.42 Å². The summed E-state index contributed by atoms with van der Waals surface area (Å²) < 4.78 is 32.5. The molecule has 0 radical (unpaired) electrons. The molecule has 7 heteroatoms. The quantitative estimate of drug-likeness (QED) is 0.775. The van der Waals surface area contributed by atoms with Gasteiger partial charge in [-0.2, -0.15) is 0 Å². The molecular weight excluding hydrogens is 352 g/mol. The smallest absolute Gasteiger partial charge is 0.261 e. The fourth-order valence-corrected chi connectivity index (χ4v) is 3.21. The van der Waals surface area contributed by atoms with Crippen LogP contribution in [0.3, 0.4) is 0 Å². The van der Waals surface area contributed by atoms with Gasteiger partial charge in [0.25, 0.3) is 15.9 Å². The van der Waals surface area contributed by atoms with Crippen LogP contribution in [0.2, 0.25) is 0 Å². The maximum atomic E-state index is 12.5. The number of anilines is 1. The molecule has 0 fully saturated rings. The molecule has 6 nitrogen and oxygen atoms in total. The summed E-state index contributed by atoms with van der Waals surface area (Å²) in [4.78, 5) is 12.5. The molecule has 26 heavy (non-hydrogen) atoms. The van der Waals surface area contributed by atoms with Crippen LogP contribution in [0, 0.1) is 0 Å². The zero-order chi connectivity index (χ0) is 19.4. The number of hydrogen-bond acceptors (Lipinski definition) is 4. The summed E-state index contributed by atoms with van der Waals surface area (Å²) in [5.74, 6) is 0.323. The number of hydrogen-bond donors (Lipinski definition) is 2. The highest BCUT2D eigenvalue weighted by molar-refractivity contribution is 7.92. The van der Waals surface area contributed by atoms with Crippen LogP contribution >= 0.6 is 0 Å². The summed E-state index contributed by atoms with van der Waals surface area (Å²) in [7, 11) is -2.25. The fourth-order valence-electron chi connectivity index (χ4n) is 2.16. The van der Waals surface area contributed by atoms with Crippen LogP contribution in [0.15, 0.2) is 53.4 Å². The fraction of sp³-hybridized carbons (Fsp3) is 0.316. The Morgan fingerprint density at radius 3 is 2.35 bits per heavy atom. The summed E-state index contributed by atoms with van der Waals surface area (Å²) in [6.45, 7) is 5.85. The van der Waals surface area contributed by atoms with E-state index in [2.05, 4.69) is 10.0 Å².